The molecule has 3 aromatic heterocycles. The van der Waals surface area contributed by atoms with Gasteiger partial charge in [-0.25, -0.2) is 14.8 Å². The second-order valence-corrected chi connectivity index (χ2v) is 10.7. The first kappa shape index (κ1) is 24.8. The monoisotopic (exact) mass is 542 g/mol. The minimum atomic E-state index is -0.393. The Morgan fingerprint density at radius 2 is 1.85 bits per heavy atom. The Kier molecular flexibility index (Phi) is 6.35. The minimum absolute atomic E-state index is 0.0522. The number of nitrogens with zero attached hydrogens (tertiary/aromatic N) is 3. The number of para-hydroxylation sites is 1. The average molecular weight is 543 g/mol. The molecule has 4 aromatic rings. The molecule has 0 bridgehead atoms. The fourth-order valence-corrected chi connectivity index (χ4v) is 6.21. The normalized spacial score (nSPS) is 18.1. The van der Waals surface area contributed by atoms with E-state index in [-0.39, 0.29) is 23.9 Å². The maximum absolute atomic E-state index is 13.5. The molecule has 0 radical (unpaired) electrons. The van der Waals surface area contributed by atoms with Crippen LogP contribution in [0.5, 0.6) is 11.6 Å². The number of aromatic nitrogens is 2. The van der Waals surface area contributed by atoms with Crippen LogP contribution >= 0.6 is 11.3 Å². The highest BCUT2D eigenvalue weighted by Gasteiger charge is 2.35. The Morgan fingerprint density at radius 3 is 2.59 bits per heavy atom. The van der Waals surface area contributed by atoms with E-state index in [1.54, 1.807) is 29.4 Å². The van der Waals surface area contributed by atoms with Crippen molar-refractivity contribution in [3.8, 4) is 11.6 Å². The van der Waals surface area contributed by atoms with Crippen LogP contribution in [0.1, 0.15) is 41.4 Å². The molecule has 1 saturated carbocycles. The molecule has 2 atom stereocenters. The fourth-order valence-electron chi connectivity index (χ4n) is 5.19. The lowest BCUT2D eigenvalue weighted by Gasteiger charge is -2.29. The molecular formula is C28H26N6O4S. The van der Waals surface area contributed by atoms with E-state index in [0.717, 1.165) is 18.4 Å². The van der Waals surface area contributed by atoms with Crippen LogP contribution in [0.25, 0.3) is 10.2 Å². The summed E-state index contributed by atoms with van der Waals surface area (Å²) in [7, 11) is 0. The van der Waals surface area contributed by atoms with Crippen LogP contribution < -0.4 is 25.6 Å². The van der Waals surface area contributed by atoms with E-state index < -0.39 is 6.03 Å². The lowest BCUT2D eigenvalue weighted by Crippen LogP contribution is -2.37. The molecular weight excluding hydrogens is 516 g/mol. The highest BCUT2D eigenvalue weighted by atomic mass is 32.1. The SMILES string of the molecule is CC(=O)N[C@@H]1CC[C@H](NC(=O)c2sc3nccc4c3c2NC(=O)N4c2cnc(Oc3ccccc3)cc2C)C1. The first-order valence-corrected chi connectivity index (χ1v) is 13.5. The van der Waals surface area contributed by atoms with Gasteiger partial charge in [0, 0.05) is 31.3 Å². The van der Waals surface area contributed by atoms with Crippen molar-refractivity contribution in [1.29, 1.82) is 0 Å². The van der Waals surface area contributed by atoms with Gasteiger partial charge >= 0.3 is 6.03 Å². The number of carbonyl (C=O) groups excluding carboxylic acids is 3. The zero-order chi connectivity index (χ0) is 27.1. The average Bonchev–Trinajstić information content (AvgIpc) is 3.50. The number of pyridine rings is 2. The van der Waals surface area contributed by atoms with Gasteiger partial charge in [0.05, 0.1) is 28.6 Å². The third kappa shape index (κ3) is 4.76. The summed E-state index contributed by atoms with van der Waals surface area (Å²) in [5.74, 6) is 0.750. The van der Waals surface area contributed by atoms with Crippen LogP contribution in [0, 0.1) is 6.92 Å². The number of rotatable bonds is 6. The molecule has 1 aliphatic heterocycles. The molecule has 0 spiro atoms. The number of hydrogen-bond acceptors (Lipinski definition) is 7. The molecule has 3 N–H and O–H groups in total. The van der Waals surface area contributed by atoms with E-state index in [1.807, 2.05) is 37.3 Å². The van der Waals surface area contributed by atoms with Crippen LogP contribution in [-0.4, -0.2) is 39.9 Å². The van der Waals surface area contributed by atoms with Crippen molar-refractivity contribution in [3.05, 3.63) is 65.3 Å². The lowest BCUT2D eigenvalue weighted by atomic mass is 10.1. The summed E-state index contributed by atoms with van der Waals surface area (Å²) in [6.45, 7) is 3.38. The van der Waals surface area contributed by atoms with E-state index in [0.29, 0.717) is 50.2 Å². The maximum atomic E-state index is 13.5. The van der Waals surface area contributed by atoms with Gasteiger partial charge in [0.1, 0.15) is 15.5 Å². The van der Waals surface area contributed by atoms with E-state index in [2.05, 4.69) is 25.9 Å². The molecule has 1 aromatic carbocycles. The van der Waals surface area contributed by atoms with Gasteiger partial charge in [-0.3, -0.25) is 14.5 Å². The summed E-state index contributed by atoms with van der Waals surface area (Å²) in [6.07, 6.45) is 5.50. The van der Waals surface area contributed by atoms with Crippen LogP contribution in [-0.2, 0) is 4.79 Å². The second-order valence-electron chi connectivity index (χ2n) is 9.69. The number of anilines is 3. The van der Waals surface area contributed by atoms with Crippen molar-refractivity contribution in [3.63, 3.8) is 0 Å². The van der Waals surface area contributed by atoms with Crippen molar-refractivity contribution in [2.45, 2.75) is 45.2 Å². The fraction of sp³-hybridized carbons (Fsp3) is 0.250. The van der Waals surface area contributed by atoms with Gasteiger partial charge < -0.3 is 20.7 Å². The summed E-state index contributed by atoms with van der Waals surface area (Å²) in [5, 5.41) is 9.62. The Morgan fingerprint density at radius 1 is 1.08 bits per heavy atom. The number of urea groups is 1. The number of nitrogens with one attached hydrogen (secondary N) is 3. The molecule has 0 saturated heterocycles. The van der Waals surface area contributed by atoms with Crippen molar-refractivity contribution >= 4 is 56.5 Å². The molecule has 4 amide bonds. The Balaban J connectivity index is 1.28. The van der Waals surface area contributed by atoms with Crippen molar-refractivity contribution in [2.75, 3.05) is 10.2 Å². The van der Waals surface area contributed by atoms with Gasteiger partial charge in [-0.05, 0) is 49.9 Å². The maximum Gasteiger partial charge on any atom is 0.331 e. The predicted molar refractivity (Wildman–Crippen MR) is 149 cm³/mol. The third-order valence-corrected chi connectivity index (χ3v) is 7.99. The topological polar surface area (TPSA) is 126 Å². The predicted octanol–water partition coefficient (Wildman–Crippen LogP) is 5.26. The number of thiophene rings is 1. The molecule has 198 valence electrons. The summed E-state index contributed by atoms with van der Waals surface area (Å²) in [5.41, 5.74) is 2.48. The standard InChI is InChI=1S/C28H26N6O4S/c1-15-12-22(38-19-6-4-3-5-7-19)30-14-21(15)34-20-10-11-29-27-23(20)24(33-28(34)37)25(39-27)26(36)32-18-9-8-17(13-18)31-16(2)35/h3-7,10-12,14,17-18H,8-9,13H2,1-2H3,(H,31,35)(H,32,36)(H,33,37)/t17-,18+/m1/s1. The quantitative estimate of drug-likeness (QED) is 0.305. The van der Waals surface area contributed by atoms with E-state index in [9.17, 15) is 14.4 Å². The summed E-state index contributed by atoms with van der Waals surface area (Å²) < 4.78 is 5.85. The lowest BCUT2D eigenvalue weighted by molar-refractivity contribution is -0.119. The molecule has 2 aliphatic rings. The van der Waals surface area contributed by atoms with Crippen molar-refractivity contribution in [1.82, 2.24) is 20.6 Å². The van der Waals surface area contributed by atoms with Crippen molar-refractivity contribution in [2.24, 2.45) is 0 Å². The number of amides is 4. The summed E-state index contributed by atoms with van der Waals surface area (Å²) in [4.78, 5) is 49.7. The minimum Gasteiger partial charge on any atom is -0.439 e. The molecule has 10 nitrogen and oxygen atoms in total. The number of carbonyl (C=O) groups is 3. The molecule has 1 aliphatic carbocycles. The van der Waals surface area contributed by atoms with Gasteiger partial charge in [0.2, 0.25) is 11.8 Å². The van der Waals surface area contributed by atoms with Crippen LogP contribution in [0.3, 0.4) is 0 Å². The van der Waals surface area contributed by atoms with E-state index in [4.69, 9.17) is 4.74 Å². The molecule has 39 heavy (non-hydrogen) atoms. The van der Waals surface area contributed by atoms with E-state index in [1.165, 1.54) is 18.3 Å². The van der Waals surface area contributed by atoms with Crippen LogP contribution in [0.4, 0.5) is 21.9 Å². The second kappa shape index (κ2) is 9.99. The zero-order valence-electron chi connectivity index (χ0n) is 21.4. The number of hydrogen-bond donors (Lipinski definition) is 3. The van der Waals surface area contributed by atoms with Gasteiger partial charge in [0.15, 0.2) is 0 Å². The van der Waals surface area contributed by atoms with Crippen molar-refractivity contribution < 1.29 is 19.1 Å². The molecule has 11 heteroatoms. The van der Waals surface area contributed by atoms with Gasteiger partial charge in [-0.1, -0.05) is 18.2 Å². The number of ether oxygens (including phenoxy) is 1. The summed E-state index contributed by atoms with van der Waals surface area (Å²) in [6, 6.07) is 12.5. The zero-order valence-corrected chi connectivity index (χ0v) is 22.2. The first-order chi connectivity index (χ1) is 18.9. The van der Waals surface area contributed by atoms with Gasteiger partial charge in [0.25, 0.3) is 5.91 Å². The van der Waals surface area contributed by atoms with Gasteiger partial charge in [-0.2, -0.15) is 0 Å². The van der Waals surface area contributed by atoms with Crippen LogP contribution in [0.15, 0.2) is 54.9 Å². The Labute approximate surface area is 228 Å². The number of aryl methyl sites for hydroxylation is 1. The van der Waals surface area contributed by atoms with Crippen LogP contribution in [0.2, 0.25) is 0 Å². The first-order valence-electron chi connectivity index (χ1n) is 12.7. The number of benzene rings is 1. The smallest absolute Gasteiger partial charge is 0.331 e. The Bertz CT molecular complexity index is 1600. The molecule has 0 unspecified atom stereocenters. The molecule has 6 rings (SSSR count). The molecule has 4 heterocycles. The largest absolute Gasteiger partial charge is 0.439 e. The van der Waals surface area contributed by atoms with Gasteiger partial charge in [-0.15, -0.1) is 11.3 Å². The summed E-state index contributed by atoms with van der Waals surface area (Å²) >= 11 is 1.24. The highest BCUT2D eigenvalue weighted by molar-refractivity contribution is 7.21. The third-order valence-electron chi connectivity index (χ3n) is 6.89. The highest BCUT2D eigenvalue weighted by Crippen LogP contribution is 2.46. The molecule has 1 fully saturated rings. The Hall–Kier alpha value is -4.51. The van der Waals surface area contributed by atoms with E-state index >= 15 is 0 Å².